The van der Waals surface area contributed by atoms with Crippen molar-refractivity contribution >= 4 is 40.0 Å². The third kappa shape index (κ3) is 4.92. The molecule has 4 rings (SSSR count). The van der Waals surface area contributed by atoms with Gasteiger partial charge in [-0.15, -0.1) is 0 Å². The van der Waals surface area contributed by atoms with Gasteiger partial charge in [0, 0.05) is 35.1 Å². The molecule has 0 aliphatic carbocycles. The van der Waals surface area contributed by atoms with Crippen molar-refractivity contribution < 1.29 is 15.1 Å². The number of nitrogens with one attached hydrogen (secondary N) is 2. The standard InChI is InChI=1S/C24H18ClN3O4.H2O/c1-14(29)15-6-8-17(9-7-15)26-24(32)18-13-28(12-16-4-2-3-5-19(16)25)20-10-11-21(30)27-22(20)23(18)31;/h2-11,13H,12H2,1H3,(H,26,32)(H,27,30);1H2. The number of amides is 1. The van der Waals surface area contributed by atoms with E-state index in [-0.39, 0.29) is 28.9 Å². The Morgan fingerprint density at radius 3 is 2.36 bits per heavy atom. The molecule has 0 aliphatic heterocycles. The SMILES string of the molecule is CC(=O)c1ccc(NC(=O)c2cn(Cc3ccccc3Cl)c3ccc(=O)[nH]c3c2=O)cc1.O. The molecule has 0 saturated carbocycles. The van der Waals surface area contributed by atoms with E-state index in [1.54, 1.807) is 34.9 Å². The first kappa shape index (κ1) is 23.6. The van der Waals surface area contributed by atoms with E-state index < -0.39 is 16.9 Å². The van der Waals surface area contributed by atoms with Crippen molar-refractivity contribution in [2.45, 2.75) is 13.5 Å². The van der Waals surface area contributed by atoms with E-state index >= 15 is 0 Å². The summed E-state index contributed by atoms with van der Waals surface area (Å²) in [6, 6.07) is 16.4. The molecule has 2 heterocycles. The Hall–Kier alpha value is -4.01. The van der Waals surface area contributed by atoms with Gasteiger partial charge in [-0.05, 0) is 48.9 Å². The topological polar surface area (TPSA) is 133 Å². The highest BCUT2D eigenvalue weighted by molar-refractivity contribution is 6.31. The lowest BCUT2D eigenvalue weighted by atomic mass is 10.1. The molecule has 2 aromatic carbocycles. The van der Waals surface area contributed by atoms with Crippen molar-refractivity contribution in [3.05, 3.63) is 109 Å². The van der Waals surface area contributed by atoms with Gasteiger partial charge in [-0.3, -0.25) is 19.2 Å². The molecular weight excluding hydrogens is 446 g/mol. The van der Waals surface area contributed by atoms with Gasteiger partial charge in [0.2, 0.25) is 11.0 Å². The number of carbonyl (C=O) groups excluding carboxylic acids is 2. The van der Waals surface area contributed by atoms with Crippen LogP contribution in [0.4, 0.5) is 5.69 Å². The first-order valence-corrected chi connectivity index (χ1v) is 10.1. The van der Waals surface area contributed by atoms with Gasteiger partial charge in [0.1, 0.15) is 11.1 Å². The second kappa shape index (κ2) is 9.64. The maximum absolute atomic E-state index is 13.0. The number of nitrogens with zero attached hydrogens (tertiary/aromatic N) is 1. The number of carbonyl (C=O) groups is 2. The molecule has 4 N–H and O–H groups in total. The maximum Gasteiger partial charge on any atom is 0.261 e. The number of rotatable bonds is 5. The van der Waals surface area contributed by atoms with Gasteiger partial charge in [-0.2, -0.15) is 0 Å². The first-order valence-electron chi connectivity index (χ1n) is 9.76. The minimum atomic E-state index is -0.634. The van der Waals surface area contributed by atoms with Crippen LogP contribution >= 0.6 is 11.6 Å². The van der Waals surface area contributed by atoms with Crippen molar-refractivity contribution in [1.29, 1.82) is 0 Å². The highest BCUT2D eigenvalue weighted by Crippen LogP contribution is 2.19. The van der Waals surface area contributed by atoms with Gasteiger partial charge < -0.3 is 20.3 Å². The summed E-state index contributed by atoms with van der Waals surface area (Å²) in [6.07, 6.45) is 1.45. The van der Waals surface area contributed by atoms with Gasteiger partial charge >= 0.3 is 0 Å². The molecule has 0 atom stereocenters. The summed E-state index contributed by atoms with van der Waals surface area (Å²) < 4.78 is 1.70. The smallest absolute Gasteiger partial charge is 0.261 e. The molecule has 2 aromatic heterocycles. The van der Waals surface area contributed by atoms with E-state index in [4.69, 9.17) is 11.6 Å². The predicted molar refractivity (Wildman–Crippen MR) is 127 cm³/mol. The highest BCUT2D eigenvalue weighted by Gasteiger charge is 2.17. The second-order valence-electron chi connectivity index (χ2n) is 7.26. The van der Waals surface area contributed by atoms with Gasteiger partial charge in [0.15, 0.2) is 5.78 Å². The summed E-state index contributed by atoms with van der Waals surface area (Å²) in [5, 5.41) is 3.21. The van der Waals surface area contributed by atoms with Gasteiger partial charge in [0.05, 0.1) is 5.52 Å². The van der Waals surface area contributed by atoms with Crippen molar-refractivity contribution in [1.82, 2.24) is 9.55 Å². The third-order valence-corrected chi connectivity index (χ3v) is 5.42. The summed E-state index contributed by atoms with van der Waals surface area (Å²) in [7, 11) is 0. The van der Waals surface area contributed by atoms with Gasteiger partial charge in [-0.25, -0.2) is 0 Å². The number of hydrogen-bond acceptors (Lipinski definition) is 4. The quantitative estimate of drug-likeness (QED) is 0.438. The van der Waals surface area contributed by atoms with E-state index in [1.165, 1.54) is 25.3 Å². The highest BCUT2D eigenvalue weighted by atomic mass is 35.5. The summed E-state index contributed by atoms with van der Waals surface area (Å²) in [4.78, 5) is 51.8. The summed E-state index contributed by atoms with van der Waals surface area (Å²) in [6.45, 7) is 1.74. The van der Waals surface area contributed by atoms with Gasteiger partial charge in [0.25, 0.3) is 5.91 Å². The zero-order valence-corrected chi connectivity index (χ0v) is 18.3. The molecule has 0 bridgehead atoms. The molecule has 0 radical (unpaired) electrons. The fourth-order valence-corrected chi connectivity index (χ4v) is 3.58. The Bertz CT molecular complexity index is 1470. The van der Waals surface area contributed by atoms with Crippen molar-refractivity contribution in [3.8, 4) is 0 Å². The van der Waals surface area contributed by atoms with E-state index in [0.717, 1.165) is 5.56 Å². The van der Waals surface area contributed by atoms with Crippen LogP contribution in [0.25, 0.3) is 11.0 Å². The number of halogens is 1. The number of hydrogen-bond donors (Lipinski definition) is 2. The number of benzene rings is 2. The number of pyridine rings is 2. The number of anilines is 1. The number of aromatic amines is 1. The largest absolute Gasteiger partial charge is 0.412 e. The third-order valence-electron chi connectivity index (χ3n) is 5.06. The summed E-state index contributed by atoms with van der Waals surface area (Å²) in [5.41, 5.74) is 1.05. The van der Waals surface area contributed by atoms with Crippen molar-refractivity contribution in [2.75, 3.05) is 5.32 Å². The van der Waals surface area contributed by atoms with Crippen molar-refractivity contribution in [3.63, 3.8) is 0 Å². The first-order chi connectivity index (χ1) is 15.3. The molecule has 168 valence electrons. The molecule has 9 heteroatoms. The average molecular weight is 466 g/mol. The average Bonchev–Trinajstić information content (AvgIpc) is 2.77. The van der Waals surface area contributed by atoms with Crippen LogP contribution in [0.15, 0.2) is 76.4 Å². The fourth-order valence-electron chi connectivity index (χ4n) is 3.39. The number of fused-ring (bicyclic) bond motifs is 1. The van der Waals surface area contributed by atoms with Crippen LogP contribution in [0.3, 0.4) is 0 Å². The normalized spacial score (nSPS) is 10.5. The van der Waals surface area contributed by atoms with Crippen LogP contribution < -0.4 is 16.3 Å². The number of H-pyrrole nitrogens is 1. The minimum absolute atomic E-state index is 0. The molecule has 0 spiro atoms. The maximum atomic E-state index is 13.0. The van der Waals surface area contributed by atoms with Crippen LogP contribution in [0, 0.1) is 0 Å². The molecule has 4 aromatic rings. The second-order valence-corrected chi connectivity index (χ2v) is 7.67. The zero-order valence-electron chi connectivity index (χ0n) is 17.5. The molecule has 1 amide bonds. The number of ketones is 1. The lowest BCUT2D eigenvalue weighted by molar-refractivity contribution is 0.101. The Labute approximate surface area is 192 Å². The summed E-state index contributed by atoms with van der Waals surface area (Å²) in [5.74, 6) is -0.728. The Morgan fingerprint density at radius 2 is 1.70 bits per heavy atom. The fraction of sp³-hybridized carbons (Fsp3) is 0.0833. The van der Waals surface area contributed by atoms with Crippen molar-refractivity contribution in [2.24, 2.45) is 0 Å². The summed E-state index contributed by atoms with van der Waals surface area (Å²) >= 11 is 6.29. The molecule has 0 saturated heterocycles. The van der Waals surface area contributed by atoms with E-state index in [1.807, 2.05) is 18.2 Å². The van der Waals surface area contributed by atoms with E-state index in [2.05, 4.69) is 10.3 Å². The molecule has 33 heavy (non-hydrogen) atoms. The number of aromatic nitrogens is 2. The van der Waals surface area contributed by atoms with E-state index in [0.29, 0.717) is 21.8 Å². The van der Waals surface area contributed by atoms with Crippen LogP contribution in [-0.2, 0) is 6.54 Å². The monoisotopic (exact) mass is 465 g/mol. The molecule has 8 nitrogen and oxygen atoms in total. The minimum Gasteiger partial charge on any atom is -0.412 e. The van der Waals surface area contributed by atoms with Crippen LogP contribution in [0.5, 0.6) is 0 Å². The Morgan fingerprint density at radius 1 is 1.00 bits per heavy atom. The van der Waals surface area contributed by atoms with Crippen LogP contribution in [0.1, 0.15) is 33.2 Å². The molecule has 0 unspecified atom stereocenters. The van der Waals surface area contributed by atoms with Crippen LogP contribution in [-0.4, -0.2) is 26.7 Å². The Balaban J connectivity index is 0.00000306. The zero-order chi connectivity index (χ0) is 22.8. The number of Topliss-reactive ketones (excluding diaryl/α,β-unsaturated/α-hetero) is 1. The Kier molecular flexibility index (Phi) is 6.91. The molecular formula is C24H20ClN3O5. The molecule has 0 aliphatic rings. The van der Waals surface area contributed by atoms with Crippen LogP contribution in [0.2, 0.25) is 5.02 Å². The predicted octanol–water partition coefficient (Wildman–Crippen LogP) is 3.02. The van der Waals surface area contributed by atoms with E-state index in [9.17, 15) is 19.2 Å². The lowest BCUT2D eigenvalue weighted by Gasteiger charge is -2.14. The lowest BCUT2D eigenvalue weighted by Crippen LogP contribution is -2.26. The van der Waals surface area contributed by atoms with Gasteiger partial charge in [-0.1, -0.05) is 29.8 Å². The molecule has 0 fully saturated rings.